The number of carbonyl (C=O) groups is 2. The van der Waals surface area contributed by atoms with Crippen LogP contribution in [0.3, 0.4) is 0 Å². The summed E-state index contributed by atoms with van der Waals surface area (Å²) in [5.41, 5.74) is 0.176. The van der Waals surface area contributed by atoms with Crippen molar-refractivity contribution in [3.63, 3.8) is 0 Å². The molecule has 1 aliphatic heterocycles. The molecule has 0 aromatic carbocycles. The maximum absolute atomic E-state index is 13.8. The molecule has 1 unspecified atom stereocenters. The Kier molecular flexibility index (Phi) is 7.03. The van der Waals surface area contributed by atoms with Crippen molar-refractivity contribution in [3.8, 4) is 0 Å². The molecule has 0 saturated carbocycles. The van der Waals surface area contributed by atoms with Gasteiger partial charge in [0.2, 0.25) is 5.91 Å². The number of piperidine rings is 1. The smallest absolute Gasteiger partial charge is 0.254 e. The third-order valence-electron chi connectivity index (χ3n) is 5.40. The van der Waals surface area contributed by atoms with Gasteiger partial charge in [-0.25, -0.2) is 9.37 Å². The third kappa shape index (κ3) is 5.64. The summed E-state index contributed by atoms with van der Waals surface area (Å²) in [6.45, 7) is 6.05. The molecular formula is C21H26ClFN4O2. The highest BCUT2D eigenvalue weighted by molar-refractivity contribution is 6.30. The summed E-state index contributed by atoms with van der Waals surface area (Å²) in [7, 11) is 0. The van der Waals surface area contributed by atoms with Crippen LogP contribution in [0.15, 0.2) is 41.9 Å². The first kappa shape index (κ1) is 21.5. The van der Waals surface area contributed by atoms with Gasteiger partial charge < -0.3 is 15.5 Å². The number of nitrogens with one attached hydrogen (secondary N) is 2. The highest BCUT2D eigenvalue weighted by Gasteiger charge is 2.30. The van der Waals surface area contributed by atoms with Crippen molar-refractivity contribution in [1.82, 2.24) is 15.2 Å². The predicted molar refractivity (Wildman–Crippen MR) is 111 cm³/mol. The number of pyridine rings is 1. The van der Waals surface area contributed by atoms with Crippen molar-refractivity contribution in [2.24, 2.45) is 5.92 Å². The zero-order valence-electron chi connectivity index (χ0n) is 16.6. The van der Waals surface area contributed by atoms with Gasteiger partial charge in [0.25, 0.3) is 5.91 Å². The second-order valence-electron chi connectivity index (χ2n) is 7.71. The van der Waals surface area contributed by atoms with Crippen LogP contribution in [0, 0.1) is 5.92 Å². The molecule has 2 aliphatic rings. The van der Waals surface area contributed by atoms with E-state index in [-0.39, 0.29) is 23.8 Å². The van der Waals surface area contributed by atoms with Gasteiger partial charge in [0.15, 0.2) is 0 Å². The van der Waals surface area contributed by atoms with Crippen LogP contribution in [0.1, 0.15) is 33.1 Å². The number of hydrogen-bond donors (Lipinski definition) is 2. The van der Waals surface area contributed by atoms with Crippen molar-refractivity contribution in [2.45, 2.75) is 45.2 Å². The van der Waals surface area contributed by atoms with Crippen molar-refractivity contribution in [3.05, 3.63) is 46.9 Å². The van der Waals surface area contributed by atoms with E-state index in [1.807, 2.05) is 0 Å². The van der Waals surface area contributed by atoms with Gasteiger partial charge in [-0.15, -0.1) is 0 Å². The van der Waals surface area contributed by atoms with Crippen LogP contribution in [0.25, 0.3) is 0 Å². The van der Waals surface area contributed by atoms with Gasteiger partial charge in [-0.1, -0.05) is 11.6 Å². The summed E-state index contributed by atoms with van der Waals surface area (Å²) in [4.78, 5) is 31.8. The van der Waals surface area contributed by atoms with E-state index in [1.54, 1.807) is 12.1 Å². The number of hydrogen-bond acceptors (Lipinski definition) is 4. The van der Waals surface area contributed by atoms with Crippen molar-refractivity contribution in [1.29, 1.82) is 0 Å². The molecule has 8 heteroatoms. The molecule has 6 nitrogen and oxygen atoms in total. The van der Waals surface area contributed by atoms with Gasteiger partial charge in [-0.2, -0.15) is 0 Å². The van der Waals surface area contributed by atoms with Crippen LogP contribution in [0.4, 0.5) is 10.2 Å². The zero-order valence-corrected chi connectivity index (χ0v) is 17.4. The Morgan fingerprint density at radius 3 is 2.62 bits per heavy atom. The molecule has 2 N–H and O–H groups in total. The van der Waals surface area contributed by atoms with Gasteiger partial charge in [0, 0.05) is 23.7 Å². The Labute approximate surface area is 175 Å². The molecule has 2 heterocycles. The number of rotatable bonds is 5. The SMILES string of the molecule is CC(C)N1CCC(C(=O)NC2CC=C(F)C=C2C(=O)Nc2ccc(Cl)cn2)CC1. The molecule has 1 aliphatic carbocycles. The molecule has 29 heavy (non-hydrogen) atoms. The Morgan fingerprint density at radius 2 is 2.00 bits per heavy atom. The normalized spacial score (nSPS) is 20.8. The van der Waals surface area contributed by atoms with Crippen molar-refractivity contribution in [2.75, 3.05) is 18.4 Å². The molecule has 1 aromatic rings. The highest BCUT2D eigenvalue weighted by Crippen LogP contribution is 2.23. The number of allylic oxidation sites excluding steroid dienone is 2. The highest BCUT2D eigenvalue weighted by atomic mass is 35.5. The van der Waals surface area contributed by atoms with E-state index in [2.05, 4.69) is 34.4 Å². The van der Waals surface area contributed by atoms with E-state index < -0.39 is 17.8 Å². The molecule has 1 atom stereocenters. The van der Waals surface area contributed by atoms with Crippen molar-refractivity contribution < 1.29 is 14.0 Å². The minimum Gasteiger partial charge on any atom is -0.349 e. The molecule has 156 valence electrons. The molecule has 3 rings (SSSR count). The number of carbonyl (C=O) groups excluding carboxylic acids is 2. The van der Waals surface area contributed by atoms with Gasteiger partial charge in [0.1, 0.15) is 11.6 Å². The lowest BCUT2D eigenvalue weighted by Gasteiger charge is -2.34. The average molecular weight is 421 g/mol. The lowest BCUT2D eigenvalue weighted by atomic mass is 9.92. The van der Waals surface area contributed by atoms with Gasteiger partial charge in [-0.05, 0) is 70.5 Å². The topological polar surface area (TPSA) is 74.3 Å². The van der Waals surface area contributed by atoms with Crippen LogP contribution in [-0.4, -0.2) is 46.9 Å². The van der Waals surface area contributed by atoms with Gasteiger partial charge >= 0.3 is 0 Å². The molecule has 0 bridgehead atoms. The van der Waals surface area contributed by atoms with E-state index in [4.69, 9.17) is 11.6 Å². The minimum absolute atomic E-state index is 0.0857. The molecule has 0 radical (unpaired) electrons. The summed E-state index contributed by atoms with van der Waals surface area (Å²) < 4.78 is 13.8. The second-order valence-corrected chi connectivity index (χ2v) is 8.14. The van der Waals surface area contributed by atoms with Crippen LogP contribution < -0.4 is 10.6 Å². The van der Waals surface area contributed by atoms with E-state index in [1.165, 1.54) is 18.3 Å². The fraction of sp³-hybridized carbons (Fsp3) is 0.476. The first-order valence-electron chi connectivity index (χ1n) is 9.88. The number of anilines is 1. The quantitative estimate of drug-likeness (QED) is 0.765. The first-order valence-corrected chi connectivity index (χ1v) is 10.3. The monoisotopic (exact) mass is 420 g/mol. The summed E-state index contributed by atoms with van der Waals surface area (Å²) in [6.07, 6.45) is 5.75. The van der Waals surface area contributed by atoms with E-state index in [9.17, 15) is 14.0 Å². The number of amides is 2. The summed E-state index contributed by atoms with van der Waals surface area (Å²) in [6, 6.07) is 3.05. The third-order valence-corrected chi connectivity index (χ3v) is 5.62. The number of likely N-dealkylation sites (tertiary alicyclic amines) is 1. The van der Waals surface area contributed by atoms with Crippen LogP contribution in [-0.2, 0) is 9.59 Å². The van der Waals surface area contributed by atoms with Gasteiger partial charge in [0.05, 0.1) is 11.1 Å². The summed E-state index contributed by atoms with van der Waals surface area (Å²) in [5.74, 6) is -0.861. The Balaban J connectivity index is 1.63. The molecule has 0 spiro atoms. The van der Waals surface area contributed by atoms with Crippen LogP contribution in [0.5, 0.6) is 0 Å². The summed E-state index contributed by atoms with van der Waals surface area (Å²) >= 11 is 5.80. The summed E-state index contributed by atoms with van der Waals surface area (Å²) in [5, 5.41) is 6.02. The fourth-order valence-electron chi connectivity index (χ4n) is 3.63. The van der Waals surface area contributed by atoms with E-state index in [0.29, 0.717) is 16.9 Å². The number of nitrogens with zero attached hydrogens (tertiary/aromatic N) is 2. The molecule has 1 aromatic heterocycles. The van der Waals surface area contributed by atoms with E-state index in [0.717, 1.165) is 25.9 Å². The Bertz CT molecular complexity index is 814. The standard InChI is InChI=1S/C21H26ClFN4O2/c1-13(2)27-9-7-14(8-10-27)20(28)25-18-5-4-16(23)11-17(18)21(29)26-19-6-3-15(22)12-24-19/h3-4,6,11-14,18H,5,7-10H2,1-2H3,(H,25,28)(H,24,26,29). The maximum Gasteiger partial charge on any atom is 0.254 e. The zero-order chi connectivity index (χ0) is 21.0. The lowest BCUT2D eigenvalue weighted by Crippen LogP contribution is -2.47. The molecule has 1 fully saturated rings. The van der Waals surface area contributed by atoms with Crippen LogP contribution >= 0.6 is 11.6 Å². The molecule has 2 amide bonds. The second kappa shape index (κ2) is 9.50. The van der Waals surface area contributed by atoms with Gasteiger partial charge in [-0.3, -0.25) is 9.59 Å². The predicted octanol–water partition coefficient (Wildman–Crippen LogP) is 3.46. The average Bonchev–Trinajstić information content (AvgIpc) is 2.71. The maximum atomic E-state index is 13.8. The largest absolute Gasteiger partial charge is 0.349 e. The Hall–Kier alpha value is -2.25. The fourth-order valence-corrected chi connectivity index (χ4v) is 3.74. The van der Waals surface area contributed by atoms with E-state index >= 15 is 0 Å². The molecular weight excluding hydrogens is 395 g/mol. The van der Waals surface area contributed by atoms with Crippen LogP contribution in [0.2, 0.25) is 5.02 Å². The number of aromatic nitrogens is 1. The molecule has 1 saturated heterocycles. The van der Waals surface area contributed by atoms with Crippen molar-refractivity contribution >= 4 is 29.2 Å². The minimum atomic E-state index is -0.572. The Morgan fingerprint density at radius 1 is 1.28 bits per heavy atom. The lowest BCUT2D eigenvalue weighted by molar-refractivity contribution is -0.127. The first-order chi connectivity index (χ1) is 13.8. The number of halogens is 2.